The second-order valence-electron chi connectivity index (χ2n) is 4.02. The minimum atomic E-state index is 0.0225. The van der Waals surface area contributed by atoms with Crippen molar-refractivity contribution in [3.63, 3.8) is 0 Å². The fourth-order valence-corrected chi connectivity index (χ4v) is 1.66. The standard InChI is InChI=1S/C14H14O2/c1-9-4-5-12(8-10(9)2)14(15)13-6-7-16-11(13)3/h4-8H,1-3H3. The lowest BCUT2D eigenvalue weighted by molar-refractivity contribution is 0.103. The molecule has 0 saturated carbocycles. The number of rotatable bonds is 2. The predicted molar refractivity (Wildman–Crippen MR) is 62.8 cm³/mol. The SMILES string of the molecule is Cc1ccc(C(=O)c2ccoc2C)cc1C. The highest BCUT2D eigenvalue weighted by Gasteiger charge is 2.13. The summed E-state index contributed by atoms with van der Waals surface area (Å²) in [5, 5.41) is 0. The van der Waals surface area contributed by atoms with Crippen molar-refractivity contribution in [1.82, 2.24) is 0 Å². The minimum absolute atomic E-state index is 0.0225. The number of hydrogen-bond acceptors (Lipinski definition) is 2. The Labute approximate surface area is 94.9 Å². The van der Waals surface area contributed by atoms with E-state index in [4.69, 9.17) is 4.42 Å². The van der Waals surface area contributed by atoms with Crippen LogP contribution in [-0.4, -0.2) is 5.78 Å². The molecule has 82 valence electrons. The third-order valence-electron chi connectivity index (χ3n) is 2.87. The maximum absolute atomic E-state index is 12.1. The number of carbonyl (C=O) groups excluding carboxylic acids is 1. The van der Waals surface area contributed by atoms with E-state index in [9.17, 15) is 4.79 Å². The van der Waals surface area contributed by atoms with Crippen LogP contribution in [0.15, 0.2) is 34.9 Å². The molecule has 2 aromatic rings. The quantitative estimate of drug-likeness (QED) is 0.717. The van der Waals surface area contributed by atoms with Gasteiger partial charge in [0.25, 0.3) is 0 Å². The van der Waals surface area contributed by atoms with E-state index < -0.39 is 0 Å². The van der Waals surface area contributed by atoms with Gasteiger partial charge in [0, 0.05) is 5.56 Å². The highest BCUT2D eigenvalue weighted by molar-refractivity contribution is 6.09. The van der Waals surface area contributed by atoms with Crippen LogP contribution in [0.25, 0.3) is 0 Å². The van der Waals surface area contributed by atoms with Crippen LogP contribution in [0.2, 0.25) is 0 Å². The van der Waals surface area contributed by atoms with Crippen molar-refractivity contribution in [2.75, 3.05) is 0 Å². The Morgan fingerprint density at radius 1 is 1.06 bits per heavy atom. The molecule has 1 heterocycles. The maximum atomic E-state index is 12.1. The summed E-state index contributed by atoms with van der Waals surface area (Å²) in [6.07, 6.45) is 1.55. The molecule has 0 aliphatic heterocycles. The van der Waals surface area contributed by atoms with E-state index in [1.54, 1.807) is 19.3 Å². The van der Waals surface area contributed by atoms with Crippen LogP contribution >= 0.6 is 0 Å². The van der Waals surface area contributed by atoms with E-state index in [2.05, 4.69) is 0 Å². The largest absolute Gasteiger partial charge is 0.469 e. The molecule has 0 saturated heterocycles. The second-order valence-corrected chi connectivity index (χ2v) is 4.02. The van der Waals surface area contributed by atoms with Crippen molar-refractivity contribution >= 4 is 5.78 Å². The summed E-state index contributed by atoms with van der Waals surface area (Å²) in [6.45, 7) is 5.84. The molecule has 0 fully saturated rings. The van der Waals surface area contributed by atoms with Gasteiger partial charge in [0.05, 0.1) is 11.8 Å². The molecule has 16 heavy (non-hydrogen) atoms. The summed E-state index contributed by atoms with van der Waals surface area (Å²) in [5.74, 6) is 0.692. The van der Waals surface area contributed by atoms with Crippen LogP contribution in [0.5, 0.6) is 0 Å². The first-order valence-electron chi connectivity index (χ1n) is 5.25. The first-order chi connectivity index (χ1) is 7.59. The van der Waals surface area contributed by atoms with E-state index in [1.807, 2.05) is 32.0 Å². The first kappa shape index (κ1) is 10.7. The van der Waals surface area contributed by atoms with Crippen LogP contribution in [-0.2, 0) is 0 Å². The normalized spacial score (nSPS) is 10.4. The highest BCUT2D eigenvalue weighted by Crippen LogP contribution is 2.17. The van der Waals surface area contributed by atoms with Gasteiger partial charge in [-0.2, -0.15) is 0 Å². The Bertz CT molecular complexity index is 535. The second kappa shape index (κ2) is 3.97. The number of carbonyl (C=O) groups is 1. The molecule has 0 aliphatic rings. The van der Waals surface area contributed by atoms with E-state index in [1.165, 1.54) is 5.56 Å². The molecule has 0 unspecified atom stereocenters. The molecule has 2 nitrogen and oxygen atoms in total. The molecule has 0 spiro atoms. The molecular formula is C14H14O2. The molecule has 2 rings (SSSR count). The van der Waals surface area contributed by atoms with Crippen LogP contribution in [0.1, 0.15) is 32.8 Å². The number of aryl methyl sites for hydroxylation is 3. The summed E-state index contributed by atoms with van der Waals surface area (Å²) in [7, 11) is 0. The fraction of sp³-hybridized carbons (Fsp3) is 0.214. The number of hydrogen-bond donors (Lipinski definition) is 0. The van der Waals surface area contributed by atoms with Gasteiger partial charge in [-0.25, -0.2) is 0 Å². The molecule has 0 aliphatic carbocycles. The van der Waals surface area contributed by atoms with Crippen LogP contribution in [0.3, 0.4) is 0 Å². The highest BCUT2D eigenvalue weighted by atomic mass is 16.3. The molecular weight excluding hydrogens is 200 g/mol. The van der Waals surface area contributed by atoms with Gasteiger partial charge in [0.2, 0.25) is 0 Å². The third-order valence-corrected chi connectivity index (χ3v) is 2.87. The lowest BCUT2D eigenvalue weighted by Gasteiger charge is -2.03. The van der Waals surface area contributed by atoms with E-state index in [0.29, 0.717) is 16.9 Å². The van der Waals surface area contributed by atoms with Crippen molar-refractivity contribution in [1.29, 1.82) is 0 Å². The Kier molecular flexibility index (Phi) is 2.65. The summed E-state index contributed by atoms with van der Waals surface area (Å²) in [4.78, 5) is 12.1. The van der Waals surface area contributed by atoms with Crippen LogP contribution in [0.4, 0.5) is 0 Å². The van der Waals surface area contributed by atoms with Gasteiger partial charge in [-0.3, -0.25) is 4.79 Å². The van der Waals surface area contributed by atoms with E-state index >= 15 is 0 Å². The lowest BCUT2D eigenvalue weighted by atomic mass is 10.00. The average Bonchev–Trinajstić information content (AvgIpc) is 2.67. The van der Waals surface area contributed by atoms with E-state index in [-0.39, 0.29) is 5.78 Å². The molecule has 0 atom stereocenters. The summed E-state index contributed by atoms with van der Waals surface area (Å²) < 4.78 is 5.14. The average molecular weight is 214 g/mol. The van der Waals surface area contributed by atoms with Crippen LogP contribution < -0.4 is 0 Å². The van der Waals surface area contributed by atoms with Crippen molar-refractivity contribution < 1.29 is 9.21 Å². The molecule has 0 amide bonds. The Morgan fingerprint density at radius 2 is 1.81 bits per heavy atom. The molecule has 1 aromatic heterocycles. The molecule has 0 bridgehead atoms. The zero-order chi connectivity index (χ0) is 11.7. The van der Waals surface area contributed by atoms with Gasteiger partial charge in [0.15, 0.2) is 5.78 Å². The Hall–Kier alpha value is -1.83. The van der Waals surface area contributed by atoms with Gasteiger partial charge in [-0.1, -0.05) is 12.1 Å². The number of furan rings is 1. The third kappa shape index (κ3) is 1.78. The van der Waals surface area contributed by atoms with Gasteiger partial charge >= 0.3 is 0 Å². The number of benzene rings is 1. The van der Waals surface area contributed by atoms with Gasteiger partial charge in [0.1, 0.15) is 5.76 Å². The predicted octanol–water partition coefficient (Wildman–Crippen LogP) is 3.44. The summed E-state index contributed by atoms with van der Waals surface area (Å²) in [6, 6.07) is 7.46. The minimum Gasteiger partial charge on any atom is -0.469 e. The Balaban J connectivity index is 2.42. The molecule has 2 heteroatoms. The molecule has 0 N–H and O–H groups in total. The monoisotopic (exact) mass is 214 g/mol. The summed E-state index contributed by atoms with van der Waals surface area (Å²) >= 11 is 0. The van der Waals surface area contributed by atoms with Crippen molar-refractivity contribution in [2.24, 2.45) is 0 Å². The fourth-order valence-electron chi connectivity index (χ4n) is 1.66. The maximum Gasteiger partial charge on any atom is 0.196 e. The zero-order valence-electron chi connectivity index (χ0n) is 9.70. The molecule has 0 radical (unpaired) electrons. The Morgan fingerprint density at radius 3 is 2.38 bits per heavy atom. The lowest BCUT2D eigenvalue weighted by Crippen LogP contribution is -2.02. The van der Waals surface area contributed by atoms with Gasteiger partial charge in [-0.15, -0.1) is 0 Å². The smallest absolute Gasteiger partial charge is 0.196 e. The molecule has 1 aromatic carbocycles. The zero-order valence-corrected chi connectivity index (χ0v) is 9.70. The van der Waals surface area contributed by atoms with Gasteiger partial charge < -0.3 is 4.42 Å². The first-order valence-corrected chi connectivity index (χ1v) is 5.25. The van der Waals surface area contributed by atoms with Crippen molar-refractivity contribution in [2.45, 2.75) is 20.8 Å². The van der Waals surface area contributed by atoms with Gasteiger partial charge in [-0.05, 0) is 44.0 Å². The van der Waals surface area contributed by atoms with E-state index in [0.717, 1.165) is 5.56 Å². The van der Waals surface area contributed by atoms with Crippen LogP contribution in [0, 0.1) is 20.8 Å². The van der Waals surface area contributed by atoms with Crippen molar-refractivity contribution in [3.8, 4) is 0 Å². The number of ketones is 1. The summed E-state index contributed by atoms with van der Waals surface area (Å²) in [5.41, 5.74) is 3.68. The topological polar surface area (TPSA) is 30.2 Å². The van der Waals surface area contributed by atoms with Crippen molar-refractivity contribution in [3.05, 3.63) is 58.5 Å².